The van der Waals surface area contributed by atoms with Crippen LogP contribution >= 0.6 is 0 Å². The largest absolute Gasteiger partial charge is 0.468 e. The third kappa shape index (κ3) is 8.11. The van der Waals surface area contributed by atoms with E-state index in [1.165, 1.54) is 128 Å². The SMILES string of the molecule is Cc1cc2c3c(c1)N(c1ccc4c(c1)C(C)(C)CCC4(C)C)c1c(oc4cc5c(cc14)C(C)(C)CCC5(C)C)B3c1cc3c(cc1N2c1ccc([Si](c2ccccc2)(c2ccccc2)c2ccccc2)cc1-c1ccccc1)C(C)(C)CCC3(C)C. The van der Waals surface area contributed by atoms with Crippen molar-refractivity contribution in [2.45, 2.75) is 161 Å². The summed E-state index contributed by atoms with van der Waals surface area (Å²) in [5.41, 5.74) is 24.3. The number of furan rings is 1. The summed E-state index contributed by atoms with van der Waals surface area (Å²) < 4.78 is 7.89. The lowest BCUT2D eigenvalue weighted by Crippen LogP contribution is -2.74. The van der Waals surface area contributed by atoms with Crippen LogP contribution in [0.3, 0.4) is 0 Å². The Morgan fingerprint density at radius 2 is 0.837 bits per heavy atom. The van der Waals surface area contributed by atoms with Crippen molar-refractivity contribution in [3.8, 4) is 11.1 Å². The molecule has 3 nitrogen and oxygen atoms in total. The quantitative estimate of drug-likeness (QED) is 0.117. The van der Waals surface area contributed by atoms with Gasteiger partial charge in [-0.1, -0.05) is 229 Å². The van der Waals surface area contributed by atoms with Crippen LogP contribution in [0, 0.1) is 6.92 Å². The number of fused-ring (bicyclic) bond motifs is 9. The molecular weight excluding hydrogens is 1060 g/mol. The highest BCUT2D eigenvalue weighted by atomic mass is 28.3. The lowest BCUT2D eigenvalue weighted by Gasteiger charge is -2.47. The molecule has 0 spiro atoms. The van der Waals surface area contributed by atoms with Crippen molar-refractivity contribution in [3.05, 3.63) is 233 Å². The molecule has 9 aromatic carbocycles. The van der Waals surface area contributed by atoms with E-state index in [1.807, 2.05) is 0 Å². The second-order valence-corrected chi connectivity index (χ2v) is 34.3. The Balaban J connectivity index is 1.07. The number of aryl methyl sites for hydroxylation is 1. The van der Waals surface area contributed by atoms with E-state index in [4.69, 9.17) is 4.42 Å². The molecule has 1 aromatic heterocycles. The first kappa shape index (κ1) is 55.0. The van der Waals surface area contributed by atoms with E-state index < -0.39 is 8.07 Å². The van der Waals surface area contributed by atoms with Crippen molar-refractivity contribution in [1.82, 2.24) is 0 Å². The van der Waals surface area contributed by atoms with E-state index in [9.17, 15) is 0 Å². The molecule has 15 rings (SSSR count). The Kier molecular flexibility index (Phi) is 12.1. The Morgan fingerprint density at radius 3 is 1.37 bits per heavy atom. The standard InChI is InChI=1S/C81H83BN2OSi/c1-52-44-70-73-71(45-52)84(68-37-35-58(47-59(68)53-26-18-14-19-27-53)86(55-28-20-15-21-29-55,56-30-22-16-23-31-56)57-32-24-17-25-33-57)69-50-65-64(79(8,9)41-42-80(65,10)11)49-67(69)82(73)75-74(60-48-63-66(51-72(60)85-75)81(12,13)43-40-78(63,6)7)83(70)54-34-36-61-62(46-54)77(4,5)39-38-76(61,2)3/h14-37,44-51H,38-43H2,1-13H3. The maximum Gasteiger partial charge on any atom is 0.297 e. The van der Waals surface area contributed by atoms with Gasteiger partial charge in [0.15, 0.2) is 8.07 Å². The molecule has 0 N–H and O–H groups in total. The van der Waals surface area contributed by atoms with Crippen molar-refractivity contribution in [1.29, 1.82) is 0 Å². The van der Waals surface area contributed by atoms with Crippen LogP contribution < -0.4 is 47.1 Å². The number of rotatable bonds is 7. The summed E-state index contributed by atoms with van der Waals surface area (Å²) in [5, 5.41) is 6.66. The molecule has 2 aliphatic heterocycles. The molecule has 0 unspecified atom stereocenters. The van der Waals surface area contributed by atoms with Gasteiger partial charge < -0.3 is 14.2 Å². The summed E-state index contributed by atoms with van der Waals surface area (Å²) in [6.45, 7) is 31.8. The summed E-state index contributed by atoms with van der Waals surface area (Å²) in [6, 6.07) is 76.1. The van der Waals surface area contributed by atoms with E-state index in [0.717, 1.165) is 43.3 Å². The van der Waals surface area contributed by atoms with Gasteiger partial charge in [-0.05, 0) is 203 Å². The molecule has 0 bridgehead atoms. The average Bonchev–Trinajstić information content (AvgIpc) is 1.24. The zero-order valence-corrected chi connectivity index (χ0v) is 54.1. The molecule has 0 saturated heterocycles. The van der Waals surface area contributed by atoms with E-state index in [1.54, 1.807) is 0 Å². The van der Waals surface area contributed by atoms with Gasteiger partial charge in [-0.25, -0.2) is 0 Å². The Morgan fingerprint density at radius 1 is 0.384 bits per heavy atom. The van der Waals surface area contributed by atoms with Crippen molar-refractivity contribution in [2.75, 3.05) is 9.80 Å². The van der Waals surface area contributed by atoms with Gasteiger partial charge in [0.05, 0.1) is 17.0 Å². The molecule has 0 radical (unpaired) electrons. The van der Waals surface area contributed by atoms with Crippen molar-refractivity contribution < 1.29 is 4.42 Å². The summed E-state index contributed by atoms with van der Waals surface area (Å²) in [4.78, 5) is 5.39. The molecule has 10 aromatic rings. The first-order chi connectivity index (χ1) is 41.0. The minimum Gasteiger partial charge on any atom is -0.468 e. The van der Waals surface area contributed by atoms with E-state index >= 15 is 0 Å². The van der Waals surface area contributed by atoms with Gasteiger partial charge in [0.25, 0.3) is 6.71 Å². The van der Waals surface area contributed by atoms with Crippen LogP contribution in [0.5, 0.6) is 0 Å². The minimum atomic E-state index is -2.96. The molecule has 3 aliphatic carbocycles. The molecule has 5 aliphatic rings. The fraction of sp³-hybridized carbons (Fsp3) is 0.309. The van der Waals surface area contributed by atoms with Crippen LogP contribution in [-0.4, -0.2) is 14.8 Å². The van der Waals surface area contributed by atoms with E-state index in [2.05, 4.69) is 294 Å². The van der Waals surface area contributed by atoms with E-state index in [-0.39, 0.29) is 39.2 Å². The summed E-state index contributed by atoms with van der Waals surface area (Å²) in [6.07, 6.45) is 6.86. The predicted octanol–water partition coefficient (Wildman–Crippen LogP) is 16.9. The first-order valence-electron chi connectivity index (χ1n) is 32.1. The zero-order chi connectivity index (χ0) is 59.7. The summed E-state index contributed by atoms with van der Waals surface area (Å²) >= 11 is 0. The molecule has 0 atom stereocenters. The third-order valence-corrected chi connectivity index (χ3v) is 27.0. The monoisotopic (exact) mass is 1140 g/mol. The number of anilines is 6. The molecule has 5 heteroatoms. The average molecular weight is 1140 g/mol. The van der Waals surface area contributed by atoms with Crippen LogP contribution in [0.2, 0.25) is 0 Å². The Labute approximate surface area is 513 Å². The predicted molar refractivity (Wildman–Crippen MR) is 370 cm³/mol. The molecule has 3 heterocycles. The highest BCUT2D eigenvalue weighted by molar-refractivity contribution is 7.20. The fourth-order valence-electron chi connectivity index (χ4n) is 16.9. The number of hydrogen-bond acceptors (Lipinski definition) is 3. The number of hydrogen-bond donors (Lipinski definition) is 0. The molecule has 0 amide bonds. The normalized spacial score (nSPS) is 18.7. The maximum atomic E-state index is 7.89. The Hall–Kier alpha value is -7.60. The maximum absolute atomic E-state index is 7.89. The van der Waals surface area contributed by atoms with Crippen molar-refractivity contribution >= 4 is 97.2 Å². The van der Waals surface area contributed by atoms with Crippen molar-refractivity contribution in [3.63, 3.8) is 0 Å². The van der Waals surface area contributed by atoms with Gasteiger partial charge in [-0.3, -0.25) is 0 Å². The van der Waals surface area contributed by atoms with Crippen LogP contribution in [-0.2, 0) is 32.5 Å². The van der Waals surface area contributed by atoms with Gasteiger partial charge in [0.1, 0.15) is 5.58 Å². The Bertz CT molecular complexity index is 4280. The molecule has 0 fully saturated rings. The topological polar surface area (TPSA) is 19.6 Å². The van der Waals surface area contributed by atoms with Gasteiger partial charge in [0, 0.05) is 33.7 Å². The minimum absolute atomic E-state index is 0.0125. The van der Waals surface area contributed by atoms with Crippen LogP contribution in [0.4, 0.5) is 34.1 Å². The number of nitrogens with zero attached hydrogens (tertiary/aromatic N) is 2. The fourth-order valence-corrected chi connectivity index (χ4v) is 21.6. The summed E-state index contributed by atoms with van der Waals surface area (Å²) in [5.74, 6) is 0. The van der Waals surface area contributed by atoms with Gasteiger partial charge in [0.2, 0.25) is 0 Å². The number of benzene rings is 9. The molecule has 0 saturated carbocycles. The van der Waals surface area contributed by atoms with E-state index in [0.29, 0.717) is 0 Å². The second-order valence-electron chi connectivity index (χ2n) is 30.5. The molecule has 86 heavy (non-hydrogen) atoms. The molecule has 430 valence electrons. The smallest absolute Gasteiger partial charge is 0.297 e. The first-order valence-corrected chi connectivity index (χ1v) is 34.1. The van der Waals surface area contributed by atoms with Gasteiger partial charge in [-0.15, -0.1) is 0 Å². The van der Waals surface area contributed by atoms with Crippen LogP contribution in [0.25, 0.3) is 22.1 Å². The lowest BCUT2D eigenvalue weighted by molar-refractivity contribution is 0.332. The zero-order valence-electron chi connectivity index (χ0n) is 53.1. The van der Waals surface area contributed by atoms with Gasteiger partial charge in [-0.2, -0.15) is 0 Å². The highest BCUT2D eigenvalue weighted by Crippen LogP contribution is 2.56. The van der Waals surface area contributed by atoms with Crippen molar-refractivity contribution in [2.24, 2.45) is 0 Å². The molecular formula is C81H83BN2OSi. The third-order valence-electron chi connectivity index (χ3n) is 22.2. The lowest BCUT2D eigenvalue weighted by atomic mass is 9.35. The van der Waals surface area contributed by atoms with Crippen LogP contribution in [0.1, 0.15) is 161 Å². The summed E-state index contributed by atoms with van der Waals surface area (Å²) in [7, 11) is -2.96. The highest BCUT2D eigenvalue weighted by Gasteiger charge is 2.51. The second kappa shape index (κ2) is 19.0. The van der Waals surface area contributed by atoms with Crippen LogP contribution in [0.15, 0.2) is 199 Å². The van der Waals surface area contributed by atoms with Gasteiger partial charge >= 0.3 is 0 Å².